The molecule has 0 aliphatic carbocycles. The molecule has 0 unspecified atom stereocenters. The van der Waals surface area contributed by atoms with Gasteiger partial charge in [0.2, 0.25) is 5.43 Å². The Bertz CT molecular complexity index is 1600. The molecule has 1 aromatic heterocycles. The summed E-state index contributed by atoms with van der Waals surface area (Å²) in [4.78, 5) is 27.4. The maximum absolute atomic E-state index is 13.2. The number of nitrogens with zero attached hydrogens (tertiary/aromatic N) is 3. The van der Waals surface area contributed by atoms with Crippen molar-refractivity contribution in [2.24, 2.45) is 10.2 Å². The Morgan fingerprint density at radius 3 is 2.57 bits per heavy atom. The van der Waals surface area contributed by atoms with Crippen molar-refractivity contribution in [2.45, 2.75) is 13.5 Å². The van der Waals surface area contributed by atoms with Crippen LogP contribution in [-0.2, 0) is 11.3 Å². The maximum atomic E-state index is 13.2. The lowest BCUT2D eigenvalue weighted by Gasteiger charge is -2.17. The first kappa shape index (κ1) is 26.1. The van der Waals surface area contributed by atoms with Gasteiger partial charge in [0.1, 0.15) is 17.6 Å². The monoisotopic (exact) mass is 537 g/mol. The van der Waals surface area contributed by atoms with Crippen LogP contribution in [0.3, 0.4) is 0 Å². The van der Waals surface area contributed by atoms with Gasteiger partial charge in [0.05, 0.1) is 29.4 Å². The van der Waals surface area contributed by atoms with E-state index in [-0.39, 0.29) is 47.1 Å². The van der Waals surface area contributed by atoms with E-state index in [0.717, 1.165) is 5.56 Å². The molecule has 8 nitrogen and oxygen atoms in total. The van der Waals surface area contributed by atoms with E-state index in [1.165, 1.54) is 30.7 Å². The molecule has 3 aromatic carbocycles. The largest absolute Gasteiger partial charge is 0.508 e. The van der Waals surface area contributed by atoms with E-state index in [0.29, 0.717) is 26.7 Å². The van der Waals surface area contributed by atoms with Crippen LogP contribution >= 0.6 is 23.2 Å². The molecule has 0 spiro atoms. The summed E-state index contributed by atoms with van der Waals surface area (Å²) in [5.74, 6) is -0.350. The molecule has 188 valence electrons. The predicted molar refractivity (Wildman–Crippen MR) is 145 cm³/mol. The van der Waals surface area contributed by atoms with Crippen LogP contribution in [0.2, 0.25) is 10.0 Å². The molecule has 37 heavy (non-hydrogen) atoms. The fourth-order valence-corrected chi connectivity index (χ4v) is 4.17. The highest BCUT2D eigenvalue weighted by atomic mass is 35.5. The molecule has 1 aliphatic heterocycles. The zero-order valence-electron chi connectivity index (χ0n) is 19.6. The smallest absolute Gasteiger partial charge is 0.279 e. The standard InChI is InChI=1S/C25H15Cl2N3O4.C2H6O/c26-16-6-5-14(20(27)9-16)12-30-21-4-2-1-3-18(21)23(25(30)33)29-28-11-15-13-34-22-10-17(31)7-8-19(22)24(15)32;1-2-3/h1-11,13,31H,12H2;3H,2H2,1H3/b28-11+,29-23-;. The number of phenols is 1. The number of hydrogen-bond donors (Lipinski definition) is 2. The number of aliphatic hydroxyl groups is 1. The van der Waals surface area contributed by atoms with Crippen LogP contribution in [0.5, 0.6) is 5.75 Å². The first-order valence-electron chi connectivity index (χ1n) is 11.2. The predicted octanol–water partition coefficient (Wildman–Crippen LogP) is 5.17. The van der Waals surface area contributed by atoms with Crippen molar-refractivity contribution in [3.63, 3.8) is 0 Å². The van der Waals surface area contributed by atoms with Crippen LogP contribution in [0.15, 0.2) is 86.3 Å². The number of aliphatic hydroxyl groups excluding tert-OH is 1. The molecule has 5 rings (SSSR count). The molecule has 0 saturated carbocycles. The second-order valence-corrected chi connectivity index (χ2v) is 8.70. The number of carbonyl (C=O) groups is 1. The summed E-state index contributed by atoms with van der Waals surface area (Å²) in [6.07, 6.45) is 2.47. The molecule has 0 radical (unpaired) electrons. The van der Waals surface area contributed by atoms with Crippen LogP contribution < -0.4 is 10.3 Å². The summed E-state index contributed by atoms with van der Waals surface area (Å²) < 4.78 is 5.41. The summed E-state index contributed by atoms with van der Waals surface area (Å²) in [6.45, 7) is 2.16. The van der Waals surface area contributed by atoms with Gasteiger partial charge in [0, 0.05) is 28.3 Å². The summed E-state index contributed by atoms with van der Waals surface area (Å²) in [6, 6.07) is 16.6. The summed E-state index contributed by atoms with van der Waals surface area (Å²) in [5.41, 5.74) is 2.26. The van der Waals surface area contributed by atoms with Crippen molar-refractivity contribution in [1.29, 1.82) is 0 Å². The number of aromatic hydroxyl groups is 1. The van der Waals surface area contributed by atoms with Gasteiger partial charge in [0.25, 0.3) is 5.91 Å². The summed E-state index contributed by atoms with van der Waals surface area (Å²) in [7, 11) is 0. The van der Waals surface area contributed by atoms with Gasteiger partial charge in [-0.25, -0.2) is 0 Å². The number of amides is 1. The highest BCUT2D eigenvalue weighted by Crippen LogP contribution is 2.32. The van der Waals surface area contributed by atoms with Gasteiger partial charge in [-0.05, 0) is 42.8 Å². The SMILES string of the molecule is CCO.O=C1/C(=N\N=C\c2coc3cc(O)ccc3c2=O)c2ccccc2N1Cc1ccc(Cl)cc1Cl. The molecule has 1 aliphatic rings. The van der Waals surface area contributed by atoms with Gasteiger partial charge in [-0.1, -0.05) is 47.5 Å². The fraction of sp³-hybridized carbons (Fsp3) is 0.111. The van der Waals surface area contributed by atoms with E-state index in [9.17, 15) is 14.7 Å². The quantitative estimate of drug-likeness (QED) is 0.275. The number of hydrogen-bond acceptors (Lipinski definition) is 7. The third-order valence-corrected chi connectivity index (χ3v) is 5.97. The molecule has 0 atom stereocenters. The Kier molecular flexibility index (Phi) is 8.03. The first-order valence-corrected chi connectivity index (χ1v) is 11.9. The number of benzene rings is 3. The second kappa shape index (κ2) is 11.4. The lowest BCUT2D eigenvalue weighted by molar-refractivity contribution is -0.112. The number of rotatable bonds is 4. The maximum Gasteiger partial charge on any atom is 0.279 e. The van der Waals surface area contributed by atoms with Gasteiger partial charge in [-0.3, -0.25) is 9.59 Å². The van der Waals surface area contributed by atoms with Crippen molar-refractivity contribution < 1.29 is 19.4 Å². The lowest BCUT2D eigenvalue weighted by Crippen LogP contribution is -2.29. The summed E-state index contributed by atoms with van der Waals surface area (Å²) >= 11 is 12.3. The minimum atomic E-state index is -0.342. The zero-order valence-corrected chi connectivity index (χ0v) is 21.1. The van der Waals surface area contributed by atoms with Crippen molar-refractivity contribution in [3.05, 3.63) is 104 Å². The third kappa shape index (κ3) is 5.56. The normalized spacial score (nSPS) is 13.8. The Labute approximate surface area is 221 Å². The Morgan fingerprint density at radius 1 is 1.05 bits per heavy atom. The van der Waals surface area contributed by atoms with E-state index in [1.807, 2.05) is 12.1 Å². The molecular weight excluding hydrogens is 517 g/mol. The van der Waals surface area contributed by atoms with Crippen LogP contribution in [-0.4, -0.2) is 34.7 Å². The first-order chi connectivity index (χ1) is 17.8. The van der Waals surface area contributed by atoms with E-state index in [1.54, 1.807) is 42.2 Å². The van der Waals surface area contributed by atoms with Gasteiger partial charge >= 0.3 is 0 Å². The third-order valence-electron chi connectivity index (χ3n) is 5.38. The van der Waals surface area contributed by atoms with Gasteiger partial charge in [0.15, 0.2) is 5.71 Å². The molecule has 2 heterocycles. The number of anilines is 1. The van der Waals surface area contributed by atoms with E-state index < -0.39 is 0 Å². The lowest BCUT2D eigenvalue weighted by atomic mass is 10.1. The average molecular weight is 538 g/mol. The molecule has 0 saturated heterocycles. The van der Waals surface area contributed by atoms with Crippen molar-refractivity contribution >= 4 is 57.7 Å². The van der Waals surface area contributed by atoms with Gasteiger partial charge in [-0.2, -0.15) is 5.10 Å². The fourth-order valence-electron chi connectivity index (χ4n) is 3.71. The molecule has 4 aromatic rings. The van der Waals surface area contributed by atoms with Crippen LogP contribution in [0.25, 0.3) is 11.0 Å². The average Bonchev–Trinajstić information content (AvgIpc) is 3.13. The van der Waals surface area contributed by atoms with Gasteiger partial charge < -0.3 is 19.5 Å². The zero-order chi connectivity index (χ0) is 26.5. The van der Waals surface area contributed by atoms with Crippen molar-refractivity contribution in [1.82, 2.24) is 0 Å². The highest BCUT2D eigenvalue weighted by molar-refractivity contribution is 6.54. The molecular formula is C27H21Cl2N3O5. The second-order valence-electron chi connectivity index (χ2n) is 7.85. The van der Waals surface area contributed by atoms with E-state index in [2.05, 4.69) is 10.2 Å². The van der Waals surface area contributed by atoms with Gasteiger partial charge in [-0.15, -0.1) is 5.10 Å². The number of halogens is 2. The topological polar surface area (TPSA) is 116 Å². The molecule has 1 amide bonds. The number of para-hydroxylation sites is 1. The van der Waals surface area contributed by atoms with E-state index in [4.69, 9.17) is 32.7 Å². The van der Waals surface area contributed by atoms with Crippen LogP contribution in [0.1, 0.15) is 23.6 Å². The van der Waals surface area contributed by atoms with Crippen LogP contribution in [0.4, 0.5) is 5.69 Å². The minimum absolute atomic E-state index is 0.00804. The highest BCUT2D eigenvalue weighted by Gasteiger charge is 2.34. The molecule has 0 bridgehead atoms. The number of carbonyl (C=O) groups excluding carboxylic acids is 1. The van der Waals surface area contributed by atoms with Crippen molar-refractivity contribution in [2.75, 3.05) is 11.5 Å². The number of fused-ring (bicyclic) bond motifs is 2. The van der Waals surface area contributed by atoms with Crippen LogP contribution in [0, 0.1) is 0 Å². The molecule has 10 heteroatoms. The van der Waals surface area contributed by atoms with E-state index >= 15 is 0 Å². The molecule has 0 fully saturated rings. The minimum Gasteiger partial charge on any atom is -0.508 e. The van der Waals surface area contributed by atoms with Crippen molar-refractivity contribution in [3.8, 4) is 5.75 Å². The number of phenolic OH excluding ortho intramolecular Hbond substituents is 1. The summed E-state index contributed by atoms with van der Waals surface area (Å²) in [5, 5.41) is 26.5. The Balaban J connectivity index is 0.00000102. The Hall–Kier alpha value is -3.98. The Morgan fingerprint density at radius 2 is 1.81 bits per heavy atom. The molecule has 2 N–H and O–H groups in total.